The van der Waals surface area contributed by atoms with Crippen LogP contribution in [0, 0.1) is 0 Å². The highest BCUT2D eigenvalue weighted by Crippen LogP contribution is 2.03. The van der Waals surface area contributed by atoms with E-state index in [1.54, 1.807) is 12.1 Å². The maximum atomic E-state index is 12.2. The van der Waals surface area contributed by atoms with Crippen molar-refractivity contribution >= 4 is 23.8 Å². The SMILES string of the molecule is CCCNC(=O)CCC(NC(=O)C=Cc1ccco1)C(=O)NCCC. The van der Waals surface area contributed by atoms with Gasteiger partial charge in [-0.25, -0.2) is 0 Å². The van der Waals surface area contributed by atoms with E-state index in [4.69, 9.17) is 4.42 Å². The maximum absolute atomic E-state index is 12.2. The summed E-state index contributed by atoms with van der Waals surface area (Å²) >= 11 is 0. The molecule has 0 aliphatic heterocycles. The van der Waals surface area contributed by atoms with E-state index in [0.717, 1.165) is 12.8 Å². The van der Waals surface area contributed by atoms with Gasteiger partial charge in [0.15, 0.2) is 0 Å². The van der Waals surface area contributed by atoms with E-state index in [2.05, 4.69) is 16.0 Å². The summed E-state index contributed by atoms with van der Waals surface area (Å²) in [5.74, 6) is -0.288. The third kappa shape index (κ3) is 8.74. The summed E-state index contributed by atoms with van der Waals surface area (Å²) < 4.78 is 5.11. The molecule has 0 aromatic carbocycles. The summed E-state index contributed by atoms with van der Waals surface area (Å²) in [4.78, 5) is 35.9. The molecule has 0 fully saturated rings. The quantitative estimate of drug-likeness (QED) is 0.528. The average Bonchev–Trinajstić information content (AvgIpc) is 3.13. The minimum atomic E-state index is -0.757. The van der Waals surface area contributed by atoms with Gasteiger partial charge in [-0.2, -0.15) is 0 Å². The fourth-order valence-corrected chi connectivity index (χ4v) is 2.03. The zero-order valence-electron chi connectivity index (χ0n) is 14.8. The van der Waals surface area contributed by atoms with E-state index in [1.807, 2.05) is 13.8 Å². The Bertz CT molecular complexity index is 567. The maximum Gasteiger partial charge on any atom is 0.244 e. The lowest BCUT2D eigenvalue weighted by Gasteiger charge is -2.17. The molecule has 25 heavy (non-hydrogen) atoms. The van der Waals surface area contributed by atoms with Crippen molar-refractivity contribution in [2.45, 2.75) is 45.6 Å². The molecule has 1 heterocycles. The van der Waals surface area contributed by atoms with Crippen LogP contribution >= 0.6 is 0 Å². The molecule has 7 nitrogen and oxygen atoms in total. The summed E-state index contributed by atoms with van der Waals surface area (Å²) in [6.45, 7) is 5.03. The molecule has 138 valence electrons. The zero-order chi connectivity index (χ0) is 18.5. The number of hydrogen-bond donors (Lipinski definition) is 3. The molecule has 1 aromatic heterocycles. The molecule has 1 unspecified atom stereocenters. The molecule has 0 aliphatic rings. The molecule has 3 N–H and O–H groups in total. The van der Waals surface area contributed by atoms with Crippen LogP contribution in [0.4, 0.5) is 0 Å². The Morgan fingerprint density at radius 2 is 1.88 bits per heavy atom. The van der Waals surface area contributed by atoms with Crippen molar-refractivity contribution in [3.05, 3.63) is 30.2 Å². The third-order valence-corrected chi connectivity index (χ3v) is 3.36. The molecule has 0 spiro atoms. The van der Waals surface area contributed by atoms with Crippen molar-refractivity contribution in [3.63, 3.8) is 0 Å². The van der Waals surface area contributed by atoms with Crippen molar-refractivity contribution in [2.75, 3.05) is 13.1 Å². The first-order chi connectivity index (χ1) is 12.1. The van der Waals surface area contributed by atoms with Gasteiger partial charge in [0.1, 0.15) is 11.8 Å². The summed E-state index contributed by atoms with van der Waals surface area (Å²) in [5, 5.41) is 8.14. The van der Waals surface area contributed by atoms with Gasteiger partial charge in [0.25, 0.3) is 0 Å². The Kier molecular flexibility index (Phi) is 9.74. The number of rotatable bonds is 11. The largest absolute Gasteiger partial charge is 0.465 e. The van der Waals surface area contributed by atoms with Crippen LogP contribution in [0.2, 0.25) is 0 Å². The Hall–Kier alpha value is -2.57. The number of nitrogens with one attached hydrogen (secondary N) is 3. The van der Waals surface area contributed by atoms with Gasteiger partial charge in [-0.15, -0.1) is 0 Å². The summed E-state index contributed by atoms with van der Waals surface area (Å²) in [7, 11) is 0. The van der Waals surface area contributed by atoms with E-state index >= 15 is 0 Å². The van der Waals surface area contributed by atoms with Crippen LogP contribution in [0.5, 0.6) is 0 Å². The minimum Gasteiger partial charge on any atom is -0.465 e. The van der Waals surface area contributed by atoms with Crippen molar-refractivity contribution in [1.82, 2.24) is 16.0 Å². The minimum absolute atomic E-state index is 0.129. The Morgan fingerprint density at radius 3 is 2.52 bits per heavy atom. The first kappa shape index (κ1) is 20.5. The molecule has 0 saturated carbocycles. The predicted molar refractivity (Wildman–Crippen MR) is 95.5 cm³/mol. The van der Waals surface area contributed by atoms with Crippen LogP contribution in [0.1, 0.15) is 45.3 Å². The molecular weight excluding hydrogens is 322 g/mol. The van der Waals surface area contributed by atoms with E-state index in [0.29, 0.717) is 18.8 Å². The van der Waals surface area contributed by atoms with Gasteiger partial charge < -0.3 is 20.4 Å². The van der Waals surface area contributed by atoms with Gasteiger partial charge in [-0.1, -0.05) is 13.8 Å². The smallest absolute Gasteiger partial charge is 0.244 e. The molecule has 0 aliphatic carbocycles. The molecule has 1 rings (SSSR count). The highest BCUT2D eigenvalue weighted by molar-refractivity contribution is 5.95. The molecule has 0 saturated heterocycles. The van der Waals surface area contributed by atoms with Gasteiger partial charge in [-0.3, -0.25) is 14.4 Å². The monoisotopic (exact) mass is 349 g/mol. The van der Waals surface area contributed by atoms with Crippen molar-refractivity contribution in [1.29, 1.82) is 0 Å². The van der Waals surface area contributed by atoms with Gasteiger partial charge in [-0.05, 0) is 37.5 Å². The molecule has 0 radical (unpaired) electrons. The summed E-state index contributed by atoms with van der Waals surface area (Å²) in [5.41, 5.74) is 0. The van der Waals surface area contributed by atoms with E-state index < -0.39 is 11.9 Å². The van der Waals surface area contributed by atoms with Gasteiger partial charge in [0.05, 0.1) is 6.26 Å². The third-order valence-electron chi connectivity index (χ3n) is 3.36. The molecular formula is C18H27N3O4. The second kappa shape index (κ2) is 11.9. The molecule has 1 aromatic rings. The van der Waals surface area contributed by atoms with Gasteiger partial charge in [0, 0.05) is 25.6 Å². The Labute approximate surface area is 148 Å². The highest BCUT2D eigenvalue weighted by atomic mass is 16.3. The summed E-state index contributed by atoms with van der Waals surface area (Å²) in [6, 6.07) is 2.67. The molecule has 7 heteroatoms. The van der Waals surface area contributed by atoms with Crippen LogP contribution in [0.15, 0.2) is 28.9 Å². The van der Waals surface area contributed by atoms with E-state index in [9.17, 15) is 14.4 Å². The number of hydrogen-bond acceptors (Lipinski definition) is 4. The standard InChI is InChI=1S/C18H27N3O4/c1-3-11-19-16(22)10-8-15(18(24)20-12-4-2)21-17(23)9-7-14-6-5-13-25-14/h5-7,9,13,15H,3-4,8,10-12H2,1-2H3,(H,19,22)(H,20,24)(H,21,23). The fraction of sp³-hybridized carbons (Fsp3) is 0.500. The Balaban J connectivity index is 2.58. The van der Waals surface area contributed by atoms with Gasteiger partial charge in [0.2, 0.25) is 17.7 Å². The number of carbonyl (C=O) groups excluding carboxylic acids is 3. The lowest BCUT2D eigenvalue weighted by molar-refractivity contribution is -0.128. The highest BCUT2D eigenvalue weighted by Gasteiger charge is 2.20. The lowest BCUT2D eigenvalue weighted by atomic mass is 10.1. The fourth-order valence-electron chi connectivity index (χ4n) is 2.03. The van der Waals surface area contributed by atoms with Crippen molar-refractivity contribution < 1.29 is 18.8 Å². The number of furan rings is 1. The van der Waals surface area contributed by atoms with Gasteiger partial charge >= 0.3 is 0 Å². The normalized spacial score (nSPS) is 11.9. The van der Waals surface area contributed by atoms with E-state index in [-0.39, 0.29) is 24.7 Å². The van der Waals surface area contributed by atoms with Crippen LogP contribution in [0.3, 0.4) is 0 Å². The first-order valence-corrected chi connectivity index (χ1v) is 8.63. The average molecular weight is 349 g/mol. The van der Waals surface area contributed by atoms with Crippen LogP contribution in [-0.2, 0) is 14.4 Å². The lowest BCUT2D eigenvalue weighted by Crippen LogP contribution is -2.47. The van der Waals surface area contributed by atoms with Crippen LogP contribution < -0.4 is 16.0 Å². The molecule has 3 amide bonds. The van der Waals surface area contributed by atoms with Crippen LogP contribution in [0.25, 0.3) is 6.08 Å². The number of amides is 3. The second-order valence-corrected chi connectivity index (χ2v) is 5.59. The van der Waals surface area contributed by atoms with Crippen molar-refractivity contribution in [2.24, 2.45) is 0 Å². The van der Waals surface area contributed by atoms with E-state index in [1.165, 1.54) is 18.4 Å². The zero-order valence-corrected chi connectivity index (χ0v) is 14.8. The Morgan fingerprint density at radius 1 is 1.16 bits per heavy atom. The van der Waals surface area contributed by atoms with Crippen LogP contribution in [-0.4, -0.2) is 36.9 Å². The first-order valence-electron chi connectivity index (χ1n) is 8.63. The molecule has 1 atom stereocenters. The topological polar surface area (TPSA) is 100 Å². The second-order valence-electron chi connectivity index (χ2n) is 5.59. The van der Waals surface area contributed by atoms with Crippen molar-refractivity contribution in [3.8, 4) is 0 Å². The summed E-state index contributed by atoms with van der Waals surface area (Å²) in [6.07, 6.45) is 6.38. The number of carbonyl (C=O) groups is 3. The predicted octanol–water partition coefficient (Wildman–Crippen LogP) is 1.61. The molecule has 0 bridgehead atoms.